The summed E-state index contributed by atoms with van der Waals surface area (Å²) in [5.41, 5.74) is 5.55. The molecule has 0 aliphatic heterocycles. The van der Waals surface area contributed by atoms with Gasteiger partial charge in [-0.2, -0.15) is 13.2 Å². The zero-order valence-corrected chi connectivity index (χ0v) is 13.8. The zero-order valence-electron chi connectivity index (χ0n) is 13.8. The monoisotopic (exact) mass is 355 g/mol. The molecule has 25 heavy (non-hydrogen) atoms. The van der Waals surface area contributed by atoms with Crippen LogP contribution < -0.4 is 11.1 Å². The molecule has 3 N–H and O–H groups in total. The Labute approximate surface area is 143 Å². The predicted molar refractivity (Wildman–Crippen MR) is 85.6 cm³/mol. The number of oxazole rings is 1. The number of nitrogens with two attached hydrogens (primary N) is 1. The number of amides is 1. The molecular weight excluding hydrogens is 335 g/mol. The summed E-state index contributed by atoms with van der Waals surface area (Å²) in [5.74, 6) is -0.257. The van der Waals surface area contributed by atoms with Crippen LogP contribution in [-0.4, -0.2) is 10.9 Å². The van der Waals surface area contributed by atoms with Gasteiger partial charge >= 0.3 is 6.18 Å². The fourth-order valence-electron chi connectivity index (χ4n) is 2.24. The number of rotatable bonds is 7. The van der Waals surface area contributed by atoms with Gasteiger partial charge in [0.15, 0.2) is 5.69 Å². The van der Waals surface area contributed by atoms with Gasteiger partial charge in [-0.1, -0.05) is 31.9 Å². The first-order valence-electron chi connectivity index (χ1n) is 7.96. The highest BCUT2D eigenvalue weighted by molar-refractivity contribution is 5.91. The molecule has 5 nitrogen and oxygen atoms in total. The molecular formula is C17H20F3N3O2. The average molecular weight is 355 g/mol. The van der Waals surface area contributed by atoms with Crippen molar-refractivity contribution in [1.82, 2.24) is 10.3 Å². The van der Waals surface area contributed by atoms with E-state index in [-0.39, 0.29) is 24.2 Å². The molecule has 0 saturated heterocycles. The fraction of sp³-hybridized carbons (Fsp3) is 0.412. The number of unbranched alkanes of at least 4 members (excludes halogenated alkanes) is 1. The van der Waals surface area contributed by atoms with Crippen molar-refractivity contribution >= 4 is 5.91 Å². The summed E-state index contributed by atoms with van der Waals surface area (Å²) < 4.78 is 43.2. The molecule has 0 aliphatic carbocycles. The lowest BCUT2D eigenvalue weighted by Gasteiger charge is -2.09. The van der Waals surface area contributed by atoms with Crippen molar-refractivity contribution in [2.24, 2.45) is 5.73 Å². The smallest absolute Gasteiger partial charge is 0.416 e. The van der Waals surface area contributed by atoms with Crippen LogP contribution >= 0.6 is 0 Å². The summed E-state index contributed by atoms with van der Waals surface area (Å²) in [6.45, 7) is 1.99. The van der Waals surface area contributed by atoms with Crippen LogP contribution in [0.1, 0.15) is 59.7 Å². The van der Waals surface area contributed by atoms with Crippen molar-refractivity contribution < 1.29 is 22.4 Å². The number of benzene rings is 1. The van der Waals surface area contributed by atoms with Crippen LogP contribution in [0.5, 0.6) is 0 Å². The second-order valence-corrected chi connectivity index (χ2v) is 5.70. The maximum absolute atomic E-state index is 12.7. The third-order valence-electron chi connectivity index (χ3n) is 3.65. The lowest BCUT2D eigenvalue weighted by atomic mass is 10.1. The molecule has 0 saturated carbocycles. The Hall–Kier alpha value is -2.35. The quantitative estimate of drug-likeness (QED) is 0.791. The predicted octanol–water partition coefficient (Wildman–Crippen LogP) is 3.81. The molecule has 1 unspecified atom stereocenters. The third-order valence-corrected chi connectivity index (χ3v) is 3.65. The number of aromatic nitrogens is 1. The van der Waals surface area contributed by atoms with Crippen LogP contribution in [0.15, 0.2) is 34.9 Å². The van der Waals surface area contributed by atoms with Crippen LogP contribution in [0.4, 0.5) is 13.2 Å². The van der Waals surface area contributed by atoms with E-state index < -0.39 is 17.6 Å². The first-order chi connectivity index (χ1) is 11.8. The molecule has 1 aromatic heterocycles. The maximum Gasteiger partial charge on any atom is 0.416 e. The fourth-order valence-corrected chi connectivity index (χ4v) is 2.24. The number of nitrogens with one attached hydrogen (secondary N) is 1. The van der Waals surface area contributed by atoms with Gasteiger partial charge in [0, 0.05) is 6.54 Å². The number of carbonyl (C=O) groups is 1. The van der Waals surface area contributed by atoms with Gasteiger partial charge in [-0.05, 0) is 24.1 Å². The van der Waals surface area contributed by atoms with Crippen LogP contribution in [0.25, 0.3) is 0 Å². The van der Waals surface area contributed by atoms with Crippen LogP contribution in [-0.2, 0) is 12.7 Å². The van der Waals surface area contributed by atoms with E-state index in [1.165, 1.54) is 18.4 Å². The Morgan fingerprint density at radius 1 is 1.40 bits per heavy atom. The number of hydrogen-bond donors (Lipinski definition) is 2. The molecule has 0 bridgehead atoms. The second-order valence-electron chi connectivity index (χ2n) is 5.70. The lowest BCUT2D eigenvalue weighted by Crippen LogP contribution is -2.23. The molecule has 136 valence electrons. The molecule has 1 aromatic carbocycles. The van der Waals surface area contributed by atoms with Gasteiger partial charge in [0.05, 0.1) is 11.6 Å². The van der Waals surface area contributed by atoms with E-state index in [0.29, 0.717) is 12.0 Å². The van der Waals surface area contributed by atoms with Crippen molar-refractivity contribution in [2.45, 2.75) is 44.9 Å². The number of halogens is 3. The van der Waals surface area contributed by atoms with E-state index >= 15 is 0 Å². The minimum Gasteiger partial charge on any atom is -0.446 e. The molecule has 2 rings (SSSR count). The molecule has 0 radical (unpaired) electrons. The SMILES string of the molecule is CCCCC(N)c1nc(C(=O)NCc2cccc(C(F)(F)F)c2)co1. The van der Waals surface area contributed by atoms with Crippen LogP contribution in [0.2, 0.25) is 0 Å². The van der Waals surface area contributed by atoms with Crippen molar-refractivity contribution in [3.63, 3.8) is 0 Å². The van der Waals surface area contributed by atoms with E-state index in [0.717, 1.165) is 25.0 Å². The van der Waals surface area contributed by atoms with E-state index in [1.54, 1.807) is 0 Å². The van der Waals surface area contributed by atoms with E-state index in [1.807, 2.05) is 6.92 Å². The summed E-state index contributed by atoms with van der Waals surface area (Å²) in [7, 11) is 0. The Balaban J connectivity index is 1.96. The molecule has 8 heteroatoms. The van der Waals surface area contributed by atoms with E-state index in [4.69, 9.17) is 10.2 Å². The third kappa shape index (κ3) is 5.32. The van der Waals surface area contributed by atoms with Gasteiger partial charge in [-0.15, -0.1) is 0 Å². The Morgan fingerprint density at radius 3 is 2.84 bits per heavy atom. The summed E-state index contributed by atoms with van der Waals surface area (Å²) in [6.07, 6.45) is -0.625. The minimum atomic E-state index is -4.42. The zero-order chi connectivity index (χ0) is 18.4. The topological polar surface area (TPSA) is 81.1 Å². The summed E-state index contributed by atoms with van der Waals surface area (Å²) >= 11 is 0. The summed E-state index contributed by atoms with van der Waals surface area (Å²) in [5, 5.41) is 2.52. The molecule has 2 aromatic rings. The summed E-state index contributed by atoms with van der Waals surface area (Å²) in [6, 6.07) is 4.39. The standard InChI is InChI=1S/C17H20F3N3O2/c1-2-3-7-13(21)16-23-14(10-25-16)15(24)22-9-11-5-4-6-12(8-11)17(18,19)20/h4-6,8,10,13H,2-3,7,9,21H2,1H3,(H,22,24). The highest BCUT2D eigenvalue weighted by Gasteiger charge is 2.30. The lowest BCUT2D eigenvalue weighted by molar-refractivity contribution is -0.137. The largest absolute Gasteiger partial charge is 0.446 e. The first kappa shape index (κ1) is 19.0. The average Bonchev–Trinajstić information content (AvgIpc) is 3.07. The maximum atomic E-state index is 12.7. The minimum absolute atomic E-state index is 0.0488. The number of carbonyl (C=O) groups excluding carboxylic acids is 1. The van der Waals surface area contributed by atoms with E-state index in [2.05, 4.69) is 10.3 Å². The number of alkyl halides is 3. The summed E-state index contributed by atoms with van der Waals surface area (Å²) in [4.78, 5) is 16.1. The first-order valence-corrected chi connectivity index (χ1v) is 7.96. The second kappa shape index (κ2) is 8.15. The van der Waals surface area contributed by atoms with Gasteiger partial charge in [-0.3, -0.25) is 4.79 Å². The number of nitrogens with zero attached hydrogens (tertiary/aromatic N) is 1. The van der Waals surface area contributed by atoms with E-state index in [9.17, 15) is 18.0 Å². The van der Waals surface area contributed by atoms with Crippen molar-refractivity contribution in [2.75, 3.05) is 0 Å². The Kier molecular flexibility index (Phi) is 6.19. The van der Waals surface area contributed by atoms with Crippen LogP contribution in [0.3, 0.4) is 0 Å². The highest BCUT2D eigenvalue weighted by atomic mass is 19.4. The molecule has 1 amide bonds. The van der Waals surface area contributed by atoms with Crippen molar-refractivity contribution in [3.05, 3.63) is 53.2 Å². The van der Waals surface area contributed by atoms with Crippen molar-refractivity contribution in [3.8, 4) is 0 Å². The molecule has 1 heterocycles. The van der Waals surface area contributed by atoms with Crippen LogP contribution in [0, 0.1) is 0 Å². The molecule has 0 spiro atoms. The van der Waals surface area contributed by atoms with Gasteiger partial charge in [0.25, 0.3) is 5.91 Å². The van der Waals surface area contributed by atoms with Gasteiger partial charge in [0.2, 0.25) is 5.89 Å². The van der Waals surface area contributed by atoms with Crippen molar-refractivity contribution in [1.29, 1.82) is 0 Å². The molecule has 0 fully saturated rings. The highest BCUT2D eigenvalue weighted by Crippen LogP contribution is 2.29. The van der Waals surface area contributed by atoms with Gasteiger partial charge in [-0.25, -0.2) is 4.98 Å². The Bertz CT molecular complexity index is 713. The van der Waals surface area contributed by atoms with Gasteiger partial charge in [0.1, 0.15) is 6.26 Å². The Morgan fingerprint density at radius 2 is 2.16 bits per heavy atom. The number of hydrogen-bond acceptors (Lipinski definition) is 4. The molecule has 1 atom stereocenters. The molecule has 0 aliphatic rings. The normalized spacial score (nSPS) is 12.8. The van der Waals surface area contributed by atoms with Gasteiger partial charge < -0.3 is 15.5 Å².